The summed E-state index contributed by atoms with van der Waals surface area (Å²) in [5.74, 6) is -1.06. The topological polar surface area (TPSA) is 118 Å². The number of methoxy groups -OCH3 is 1. The van der Waals surface area contributed by atoms with Gasteiger partial charge in [0.15, 0.2) is 18.9 Å². The van der Waals surface area contributed by atoms with Crippen molar-refractivity contribution in [3.8, 4) is 0 Å². The molecule has 0 saturated carbocycles. The fourth-order valence-electron chi connectivity index (χ4n) is 4.41. The highest BCUT2D eigenvalue weighted by molar-refractivity contribution is 7.45. The quantitative estimate of drug-likeness (QED) is 0.0674. The molecule has 2 atom stereocenters. The SMILES string of the molecule is CCCCCCCCCCCCCCCCCCOCC(COP(=O)([O-])OCC[n+]1cccc(C(=O)O)c1)OC. The van der Waals surface area contributed by atoms with Crippen molar-refractivity contribution < 1.29 is 42.4 Å². The molecule has 0 aliphatic heterocycles. The molecule has 1 heterocycles. The smallest absolute Gasteiger partial charge is 0.341 e. The summed E-state index contributed by atoms with van der Waals surface area (Å²) in [5.41, 5.74) is 0.103. The van der Waals surface area contributed by atoms with Gasteiger partial charge in [0.25, 0.3) is 7.82 Å². The van der Waals surface area contributed by atoms with E-state index in [1.165, 1.54) is 114 Å². The molecule has 40 heavy (non-hydrogen) atoms. The molecule has 1 N–H and O–H groups in total. The van der Waals surface area contributed by atoms with Crippen molar-refractivity contribution in [1.82, 2.24) is 0 Å². The third-order valence-electron chi connectivity index (χ3n) is 6.90. The number of rotatable bonds is 28. The van der Waals surface area contributed by atoms with Gasteiger partial charge < -0.3 is 28.5 Å². The average molecular weight is 588 g/mol. The zero-order valence-electron chi connectivity index (χ0n) is 24.9. The molecule has 0 spiro atoms. The monoisotopic (exact) mass is 587 g/mol. The van der Waals surface area contributed by atoms with E-state index in [1.54, 1.807) is 12.3 Å². The maximum atomic E-state index is 12.0. The molecule has 0 aliphatic carbocycles. The van der Waals surface area contributed by atoms with Crippen LogP contribution in [-0.4, -0.2) is 50.7 Å². The molecule has 10 heteroatoms. The summed E-state index contributed by atoms with van der Waals surface area (Å²) in [6.07, 6.45) is 23.6. The van der Waals surface area contributed by atoms with Gasteiger partial charge in [-0.25, -0.2) is 9.36 Å². The van der Waals surface area contributed by atoms with Crippen molar-refractivity contribution in [2.24, 2.45) is 0 Å². The lowest BCUT2D eigenvalue weighted by atomic mass is 10.0. The number of ether oxygens (including phenoxy) is 2. The first-order valence-corrected chi connectivity index (χ1v) is 16.8. The predicted octanol–water partition coefficient (Wildman–Crippen LogP) is 6.47. The average Bonchev–Trinajstić information content (AvgIpc) is 2.94. The van der Waals surface area contributed by atoms with Crippen molar-refractivity contribution in [2.45, 2.75) is 122 Å². The Labute approximate surface area is 242 Å². The Bertz CT molecular complexity index is 810. The van der Waals surface area contributed by atoms with Crippen LogP contribution in [0.25, 0.3) is 0 Å². The van der Waals surface area contributed by atoms with Crippen LogP contribution in [0, 0.1) is 0 Å². The number of aromatic nitrogens is 1. The van der Waals surface area contributed by atoms with E-state index in [-0.39, 0.29) is 31.9 Å². The van der Waals surface area contributed by atoms with E-state index in [4.69, 9.17) is 23.6 Å². The molecular weight excluding hydrogens is 533 g/mol. The third kappa shape index (κ3) is 20.5. The summed E-state index contributed by atoms with van der Waals surface area (Å²) >= 11 is 0. The Kier molecular flexibility index (Phi) is 22.3. The van der Waals surface area contributed by atoms with Gasteiger partial charge in [0, 0.05) is 19.8 Å². The lowest BCUT2D eigenvalue weighted by molar-refractivity contribution is -0.697. The lowest BCUT2D eigenvalue weighted by Gasteiger charge is -2.24. The molecule has 0 radical (unpaired) electrons. The second-order valence-corrected chi connectivity index (χ2v) is 11.9. The van der Waals surface area contributed by atoms with E-state index in [1.807, 2.05) is 0 Å². The number of carboxylic acids is 1. The normalized spacial score (nSPS) is 13.8. The Morgan fingerprint density at radius 1 is 0.875 bits per heavy atom. The Morgan fingerprint density at radius 2 is 1.43 bits per heavy atom. The van der Waals surface area contributed by atoms with Gasteiger partial charge in [-0.1, -0.05) is 103 Å². The summed E-state index contributed by atoms with van der Waals surface area (Å²) in [7, 11) is -3.04. The largest absolute Gasteiger partial charge is 0.756 e. The van der Waals surface area contributed by atoms with Gasteiger partial charge in [0.2, 0.25) is 0 Å². The fraction of sp³-hybridized carbons (Fsp3) is 0.800. The van der Waals surface area contributed by atoms with Crippen LogP contribution in [0.4, 0.5) is 0 Å². The predicted molar refractivity (Wildman–Crippen MR) is 154 cm³/mol. The van der Waals surface area contributed by atoms with Gasteiger partial charge in [-0.2, -0.15) is 0 Å². The van der Waals surface area contributed by atoms with Crippen molar-refractivity contribution >= 4 is 13.8 Å². The van der Waals surface area contributed by atoms with Gasteiger partial charge in [-0.3, -0.25) is 4.57 Å². The molecule has 1 aromatic heterocycles. The second kappa shape index (κ2) is 24.3. The Morgan fingerprint density at radius 3 is 1.95 bits per heavy atom. The molecule has 2 unspecified atom stereocenters. The number of aromatic carboxylic acids is 1. The molecule has 0 amide bonds. The highest BCUT2D eigenvalue weighted by atomic mass is 31.2. The number of phosphoric acid groups is 1. The summed E-state index contributed by atoms with van der Waals surface area (Å²) in [4.78, 5) is 23.1. The first kappa shape index (κ1) is 36.7. The maximum Gasteiger partial charge on any atom is 0.341 e. The summed E-state index contributed by atoms with van der Waals surface area (Å²) < 4.78 is 34.3. The van der Waals surface area contributed by atoms with E-state index in [0.717, 1.165) is 12.8 Å². The molecule has 1 aromatic rings. The number of phosphoric ester groups is 1. The van der Waals surface area contributed by atoms with Gasteiger partial charge in [0.05, 0.1) is 13.2 Å². The van der Waals surface area contributed by atoms with E-state index in [2.05, 4.69) is 6.92 Å². The van der Waals surface area contributed by atoms with Gasteiger partial charge in [-0.15, -0.1) is 0 Å². The number of carbonyl (C=O) groups is 1. The van der Waals surface area contributed by atoms with Crippen LogP contribution in [0.3, 0.4) is 0 Å². The minimum absolute atomic E-state index is 0.103. The van der Waals surface area contributed by atoms with Crippen LogP contribution < -0.4 is 9.46 Å². The zero-order valence-corrected chi connectivity index (χ0v) is 25.8. The van der Waals surface area contributed by atoms with Crippen molar-refractivity contribution in [1.29, 1.82) is 0 Å². The van der Waals surface area contributed by atoms with Crippen LogP contribution in [0.5, 0.6) is 0 Å². The molecule has 0 aliphatic rings. The van der Waals surface area contributed by atoms with E-state index < -0.39 is 19.9 Å². The van der Waals surface area contributed by atoms with E-state index >= 15 is 0 Å². The second-order valence-electron chi connectivity index (χ2n) is 10.4. The molecule has 0 saturated heterocycles. The van der Waals surface area contributed by atoms with Crippen LogP contribution in [0.15, 0.2) is 24.5 Å². The summed E-state index contributed by atoms with van der Waals surface area (Å²) in [6, 6.07) is 3.02. The number of pyridine rings is 1. The zero-order chi connectivity index (χ0) is 29.3. The molecule has 9 nitrogen and oxygen atoms in total. The molecule has 232 valence electrons. The van der Waals surface area contributed by atoms with Crippen molar-refractivity contribution in [2.75, 3.05) is 33.5 Å². The molecule has 0 aromatic carbocycles. The van der Waals surface area contributed by atoms with Gasteiger partial charge in [0.1, 0.15) is 18.3 Å². The molecule has 0 fully saturated rings. The number of hydrogen-bond acceptors (Lipinski definition) is 7. The molecule has 1 rings (SSSR count). The van der Waals surface area contributed by atoms with E-state index in [9.17, 15) is 14.3 Å². The van der Waals surface area contributed by atoms with Gasteiger partial charge in [-0.05, 0) is 12.5 Å². The molecular formula is C30H54NO8P. The number of carboxylic acid groups (broad SMARTS) is 1. The minimum Gasteiger partial charge on any atom is -0.756 e. The summed E-state index contributed by atoms with van der Waals surface area (Å²) in [5, 5.41) is 9.03. The number of hydrogen-bond donors (Lipinski definition) is 1. The Balaban J connectivity index is 1.97. The van der Waals surface area contributed by atoms with Crippen LogP contribution in [0.2, 0.25) is 0 Å². The standard InChI is InChI=1S/C30H54NO8P/c1-3-4-5-6-7-8-9-10-11-12-13-14-15-16-17-18-23-37-26-29(36-2)27-39-40(34,35)38-24-22-31-21-19-20-28(25-31)30(32)33/h19-21,25,29H,3-18,22-24,26-27H2,1-2H3,(H-,32,33,34,35). The highest BCUT2D eigenvalue weighted by Crippen LogP contribution is 2.38. The number of unbranched alkanes of at least 4 members (excludes halogenated alkanes) is 15. The van der Waals surface area contributed by atoms with E-state index in [0.29, 0.717) is 6.61 Å². The first-order chi connectivity index (χ1) is 19.4. The maximum absolute atomic E-state index is 12.0. The number of nitrogens with zero attached hydrogens (tertiary/aromatic N) is 1. The molecule has 0 bridgehead atoms. The van der Waals surface area contributed by atoms with Gasteiger partial charge >= 0.3 is 5.97 Å². The lowest BCUT2D eigenvalue weighted by Crippen LogP contribution is -2.36. The van der Waals surface area contributed by atoms with Crippen LogP contribution in [-0.2, 0) is 29.6 Å². The van der Waals surface area contributed by atoms with Crippen LogP contribution >= 0.6 is 7.82 Å². The minimum atomic E-state index is -4.52. The third-order valence-corrected chi connectivity index (χ3v) is 7.87. The van der Waals surface area contributed by atoms with Crippen LogP contribution in [0.1, 0.15) is 120 Å². The first-order valence-electron chi connectivity index (χ1n) is 15.3. The highest BCUT2D eigenvalue weighted by Gasteiger charge is 2.16. The Hall–Kier alpha value is -1.35. The van der Waals surface area contributed by atoms with Crippen molar-refractivity contribution in [3.63, 3.8) is 0 Å². The fourth-order valence-corrected chi connectivity index (χ4v) is 5.14. The summed E-state index contributed by atoms with van der Waals surface area (Å²) in [6.45, 7) is 2.90. The van der Waals surface area contributed by atoms with Crippen molar-refractivity contribution in [3.05, 3.63) is 30.1 Å².